The fourth-order valence-corrected chi connectivity index (χ4v) is 1.73. The quantitative estimate of drug-likeness (QED) is 0.816. The minimum atomic E-state index is -0.632. The van der Waals surface area contributed by atoms with Gasteiger partial charge in [-0.2, -0.15) is 0 Å². The van der Waals surface area contributed by atoms with Crippen LogP contribution < -0.4 is 10.6 Å². The predicted molar refractivity (Wildman–Crippen MR) is 91.7 cm³/mol. The molecule has 1 aromatic carbocycles. The lowest BCUT2D eigenvalue weighted by Crippen LogP contribution is -2.48. The second kappa shape index (κ2) is 11.8. The number of ether oxygens (including phenoxy) is 1. The van der Waals surface area contributed by atoms with Crippen LogP contribution in [-0.2, 0) is 9.53 Å². The molecular weight excluding hydrogens is 313 g/mol. The molecule has 0 heterocycles. The number of nitrogens with zero attached hydrogens (tertiary/aromatic N) is 2. The summed E-state index contributed by atoms with van der Waals surface area (Å²) in [6.45, 7) is 1.61. The molecule has 7 heteroatoms. The van der Waals surface area contributed by atoms with Gasteiger partial charge in [0, 0.05) is 25.9 Å². The van der Waals surface area contributed by atoms with Crippen molar-refractivity contribution in [3.8, 4) is 0 Å². The molecule has 0 bridgehead atoms. The van der Waals surface area contributed by atoms with Crippen molar-refractivity contribution in [3.63, 3.8) is 0 Å². The molecule has 0 aliphatic heterocycles. The van der Waals surface area contributed by atoms with E-state index in [0.29, 0.717) is 6.54 Å². The van der Waals surface area contributed by atoms with E-state index < -0.39 is 6.04 Å². The van der Waals surface area contributed by atoms with Gasteiger partial charge >= 0.3 is 0 Å². The van der Waals surface area contributed by atoms with Crippen molar-refractivity contribution < 1.29 is 9.53 Å². The number of carbonyl (C=O) groups excluding carboxylic acids is 1. The minimum Gasteiger partial charge on any atom is -0.383 e. The molecular formula is C14H25Cl2N3O2. The standard InChI is InChI=1S/C14H23N3O2.2ClH/c1-16(2)9-10-17(12-7-5-4-6-8-12)14(18)13(15)11-19-3;;/h4-8,13H,9-11,15H2,1-3H3;2*1H. The maximum Gasteiger partial charge on any atom is 0.246 e. The van der Waals surface area contributed by atoms with Crippen molar-refractivity contribution in [1.82, 2.24) is 4.90 Å². The van der Waals surface area contributed by atoms with Crippen molar-refractivity contribution in [2.75, 3.05) is 45.8 Å². The first-order chi connectivity index (χ1) is 9.06. The predicted octanol–water partition coefficient (Wildman–Crippen LogP) is 1.40. The average Bonchev–Trinajstić information content (AvgIpc) is 2.40. The molecule has 122 valence electrons. The lowest BCUT2D eigenvalue weighted by Gasteiger charge is -2.27. The molecule has 5 nitrogen and oxygen atoms in total. The molecule has 2 N–H and O–H groups in total. The van der Waals surface area contributed by atoms with Gasteiger partial charge in [-0.15, -0.1) is 24.8 Å². The third-order valence-corrected chi connectivity index (χ3v) is 2.77. The summed E-state index contributed by atoms with van der Waals surface area (Å²) in [7, 11) is 5.49. The Bertz CT molecular complexity index is 391. The zero-order chi connectivity index (χ0) is 14.3. The highest BCUT2D eigenvalue weighted by Crippen LogP contribution is 2.14. The Morgan fingerprint density at radius 1 is 1.19 bits per heavy atom. The van der Waals surface area contributed by atoms with Crippen LogP contribution in [0.5, 0.6) is 0 Å². The third-order valence-electron chi connectivity index (χ3n) is 2.77. The highest BCUT2D eigenvalue weighted by Gasteiger charge is 2.22. The molecule has 0 aliphatic rings. The van der Waals surface area contributed by atoms with Crippen LogP contribution in [0.3, 0.4) is 0 Å². The Hall–Kier alpha value is -0.850. The molecule has 0 fully saturated rings. The number of para-hydroxylation sites is 1. The summed E-state index contributed by atoms with van der Waals surface area (Å²) in [6, 6.07) is 8.93. The van der Waals surface area contributed by atoms with Gasteiger partial charge in [-0.3, -0.25) is 4.79 Å². The number of likely N-dealkylation sites (N-methyl/N-ethyl adjacent to an activating group) is 1. The average molecular weight is 338 g/mol. The van der Waals surface area contributed by atoms with Crippen LogP contribution in [0.25, 0.3) is 0 Å². The molecule has 0 radical (unpaired) electrons. The lowest BCUT2D eigenvalue weighted by atomic mass is 10.2. The van der Waals surface area contributed by atoms with Gasteiger partial charge in [0.15, 0.2) is 0 Å². The molecule has 0 saturated heterocycles. The van der Waals surface area contributed by atoms with E-state index in [0.717, 1.165) is 12.2 Å². The summed E-state index contributed by atoms with van der Waals surface area (Å²) >= 11 is 0. The van der Waals surface area contributed by atoms with E-state index in [4.69, 9.17) is 10.5 Å². The first kappa shape index (κ1) is 22.4. The smallest absolute Gasteiger partial charge is 0.246 e. The minimum absolute atomic E-state index is 0. The molecule has 0 spiro atoms. The summed E-state index contributed by atoms with van der Waals surface area (Å²) in [5.74, 6) is -0.116. The van der Waals surface area contributed by atoms with E-state index >= 15 is 0 Å². The molecule has 1 aromatic rings. The Kier molecular flexibility index (Phi) is 12.6. The van der Waals surface area contributed by atoms with E-state index in [2.05, 4.69) is 0 Å². The van der Waals surface area contributed by atoms with Crippen molar-refractivity contribution >= 4 is 36.4 Å². The van der Waals surface area contributed by atoms with Gasteiger partial charge in [0.05, 0.1) is 6.61 Å². The topological polar surface area (TPSA) is 58.8 Å². The zero-order valence-corrected chi connectivity index (χ0v) is 14.3. The summed E-state index contributed by atoms with van der Waals surface area (Å²) < 4.78 is 4.95. The Balaban J connectivity index is 0. The van der Waals surface area contributed by atoms with Crippen molar-refractivity contribution in [2.24, 2.45) is 5.73 Å². The summed E-state index contributed by atoms with van der Waals surface area (Å²) in [6.07, 6.45) is 0. The molecule has 0 aliphatic carbocycles. The lowest BCUT2D eigenvalue weighted by molar-refractivity contribution is -0.120. The first-order valence-electron chi connectivity index (χ1n) is 6.32. The third kappa shape index (κ3) is 7.64. The number of carbonyl (C=O) groups is 1. The highest BCUT2D eigenvalue weighted by atomic mass is 35.5. The molecule has 1 unspecified atom stereocenters. The van der Waals surface area contributed by atoms with E-state index in [1.807, 2.05) is 49.3 Å². The number of amides is 1. The fraction of sp³-hybridized carbons (Fsp3) is 0.500. The van der Waals surface area contributed by atoms with Gasteiger partial charge in [0.25, 0.3) is 0 Å². The van der Waals surface area contributed by atoms with Gasteiger partial charge < -0.3 is 20.3 Å². The number of hydrogen-bond donors (Lipinski definition) is 1. The monoisotopic (exact) mass is 337 g/mol. The first-order valence-corrected chi connectivity index (χ1v) is 6.32. The van der Waals surface area contributed by atoms with E-state index in [1.165, 1.54) is 0 Å². The Morgan fingerprint density at radius 3 is 2.24 bits per heavy atom. The molecule has 0 saturated carbocycles. The van der Waals surface area contributed by atoms with Gasteiger partial charge in [0.2, 0.25) is 5.91 Å². The van der Waals surface area contributed by atoms with Gasteiger partial charge in [0.1, 0.15) is 6.04 Å². The second-order valence-corrected chi connectivity index (χ2v) is 4.69. The van der Waals surface area contributed by atoms with E-state index in [-0.39, 0.29) is 37.3 Å². The summed E-state index contributed by atoms with van der Waals surface area (Å²) in [5, 5.41) is 0. The number of halogens is 2. The second-order valence-electron chi connectivity index (χ2n) is 4.69. The van der Waals surface area contributed by atoms with Crippen molar-refractivity contribution in [2.45, 2.75) is 6.04 Å². The molecule has 21 heavy (non-hydrogen) atoms. The van der Waals surface area contributed by atoms with Crippen LogP contribution in [0.15, 0.2) is 30.3 Å². The normalized spacial score (nSPS) is 11.3. The van der Waals surface area contributed by atoms with Crippen LogP contribution in [0, 0.1) is 0 Å². The van der Waals surface area contributed by atoms with Crippen LogP contribution >= 0.6 is 24.8 Å². The molecule has 1 atom stereocenters. The SMILES string of the molecule is COCC(N)C(=O)N(CCN(C)C)c1ccccc1.Cl.Cl. The number of anilines is 1. The maximum absolute atomic E-state index is 12.3. The van der Waals surface area contributed by atoms with Crippen LogP contribution in [0.4, 0.5) is 5.69 Å². The molecule has 1 rings (SSSR count). The van der Waals surface area contributed by atoms with Gasteiger partial charge in [-0.1, -0.05) is 18.2 Å². The molecule has 0 aromatic heterocycles. The number of benzene rings is 1. The number of nitrogens with two attached hydrogens (primary N) is 1. The van der Waals surface area contributed by atoms with E-state index in [1.54, 1.807) is 12.0 Å². The number of hydrogen-bond acceptors (Lipinski definition) is 4. The fourth-order valence-electron chi connectivity index (χ4n) is 1.73. The van der Waals surface area contributed by atoms with Crippen LogP contribution in [0.2, 0.25) is 0 Å². The van der Waals surface area contributed by atoms with Gasteiger partial charge in [-0.25, -0.2) is 0 Å². The molecule has 1 amide bonds. The maximum atomic E-state index is 12.3. The Labute approximate surface area is 139 Å². The number of methoxy groups -OCH3 is 1. The van der Waals surface area contributed by atoms with E-state index in [9.17, 15) is 4.79 Å². The van der Waals surface area contributed by atoms with Crippen LogP contribution in [0.1, 0.15) is 0 Å². The van der Waals surface area contributed by atoms with Gasteiger partial charge in [-0.05, 0) is 26.2 Å². The van der Waals surface area contributed by atoms with Crippen LogP contribution in [-0.4, -0.2) is 57.8 Å². The van der Waals surface area contributed by atoms with Crippen molar-refractivity contribution in [1.29, 1.82) is 0 Å². The summed E-state index contributed by atoms with van der Waals surface area (Å²) in [4.78, 5) is 16.1. The Morgan fingerprint density at radius 2 is 1.76 bits per heavy atom. The summed E-state index contributed by atoms with van der Waals surface area (Å²) in [5.41, 5.74) is 6.70. The highest BCUT2D eigenvalue weighted by molar-refractivity contribution is 5.97. The number of rotatable bonds is 7. The van der Waals surface area contributed by atoms with Crippen molar-refractivity contribution in [3.05, 3.63) is 30.3 Å². The zero-order valence-electron chi connectivity index (χ0n) is 12.7. The largest absolute Gasteiger partial charge is 0.383 e.